The number of aliphatic imine (C=N–C) groups is 1. The maximum Gasteiger partial charge on any atom is 0.238 e. The molecule has 1 unspecified atom stereocenters. The van der Waals surface area contributed by atoms with Crippen molar-refractivity contribution in [2.75, 3.05) is 20.2 Å². The number of guanidine groups is 1. The number of ether oxygens (including phenoxy) is 1. The Hall–Kier alpha value is -0.910. The van der Waals surface area contributed by atoms with Gasteiger partial charge < -0.3 is 15.4 Å². The van der Waals surface area contributed by atoms with E-state index in [0.717, 1.165) is 12.1 Å². The Kier molecular flexibility index (Phi) is 10.7. The van der Waals surface area contributed by atoms with Crippen LogP contribution in [0, 0.1) is 5.41 Å². The minimum absolute atomic E-state index is 0. The molecular weight excluding hydrogens is 467 g/mol. The molecule has 1 aromatic rings. The van der Waals surface area contributed by atoms with Gasteiger partial charge in [-0.2, -0.15) is 0 Å². The van der Waals surface area contributed by atoms with Crippen LogP contribution in [0.15, 0.2) is 34.2 Å². The van der Waals surface area contributed by atoms with Crippen molar-refractivity contribution in [2.24, 2.45) is 15.5 Å². The summed E-state index contributed by atoms with van der Waals surface area (Å²) in [4.78, 5) is 4.62. The largest absolute Gasteiger partial charge is 0.379 e. The highest BCUT2D eigenvalue weighted by Gasteiger charge is 2.24. The Bertz CT molecular complexity index is 670. The molecule has 0 aromatic heterocycles. The van der Waals surface area contributed by atoms with Gasteiger partial charge in [-0.15, -0.1) is 24.0 Å². The van der Waals surface area contributed by atoms with Crippen LogP contribution in [-0.2, 0) is 21.3 Å². The van der Waals surface area contributed by atoms with Crippen LogP contribution in [0.5, 0.6) is 0 Å². The third-order valence-corrected chi connectivity index (χ3v) is 4.65. The SMILES string of the molecule is CCNC(=NCc1ccc(S(N)(=O)=O)cc1)NCC(OC)C(C)(C)C.I. The quantitative estimate of drug-likeness (QED) is 0.303. The molecule has 0 aliphatic carbocycles. The summed E-state index contributed by atoms with van der Waals surface area (Å²) >= 11 is 0. The second-order valence-corrected chi connectivity index (χ2v) is 8.42. The van der Waals surface area contributed by atoms with Crippen molar-refractivity contribution in [3.63, 3.8) is 0 Å². The van der Waals surface area contributed by atoms with Crippen LogP contribution < -0.4 is 15.8 Å². The van der Waals surface area contributed by atoms with E-state index in [1.54, 1.807) is 19.2 Å². The minimum Gasteiger partial charge on any atom is -0.379 e. The van der Waals surface area contributed by atoms with Crippen molar-refractivity contribution in [2.45, 2.75) is 45.2 Å². The number of methoxy groups -OCH3 is 1. The molecule has 0 bridgehead atoms. The zero-order valence-corrected chi connectivity index (χ0v) is 19.2. The average molecular weight is 498 g/mol. The van der Waals surface area contributed by atoms with Gasteiger partial charge >= 0.3 is 0 Å². The summed E-state index contributed by atoms with van der Waals surface area (Å²) < 4.78 is 28.1. The lowest BCUT2D eigenvalue weighted by atomic mass is 9.89. The van der Waals surface area contributed by atoms with E-state index in [-0.39, 0.29) is 40.4 Å². The fourth-order valence-corrected chi connectivity index (χ4v) is 2.74. The number of nitrogens with two attached hydrogens (primary N) is 1. The topological polar surface area (TPSA) is 106 Å². The maximum atomic E-state index is 11.3. The summed E-state index contributed by atoms with van der Waals surface area (Å²) in [5.41, 5.74) is 0.909. The second-order valence-electron chi connectivity index (χ2n) is 6.86. The van der Waals surface area contributed by atoms with Gasteiger partial charge in [0.1, 0.15) is 0 Å². The summed E-state index contributed by atoms with van der Waals surface area (Å²) in [6, 6.07) is 6.39. The summed E-state index contributed by atoms with van der Waals surface area (Å²) in [6.45, 7) is 10.2. The van der Waals surface area contributed by atoms with E-state index in [9.17, 15) is 8.42 Å². The molecule has 0 heterocycles. The number of hydrogen-bond acceptors (Lipinski definition) is 4. The van der Waals surface area contributed by atoms with E-state index in [4.69, 9.17) is 9.88 Å². The van der Waals surface area contributed by atoms with Crippen molar-refractivity contribution in [3.05, 3.63) is 29.8 Å². The number of sulfonamides is 1. The molecule has 26 heavy (non-hydrogen) atoms. The van der Waals surface area contributed by atoms with Crippen LogP contribution >= 0.6 is 24.0 Å². The Morgan fingerprint density at radius 3 is 2.23 bits per heavy atom. The Labute approximate surface area is 174 Å². The molecule has 1 rings (SSSR count). The fourth-order valence-electron chi connectivity index (χ4n) is 2.23. The predicted octanol–water partition coefficient (Wildman–Crippen LogP) is 2.07. The van der Waals surface area contributed by atoms with E-state index in [1.807, 2.05) is 6.92 Å². The third kappa shape index (κ3) is 8.65. The number of primary sulfonamides is 1. The van der Waals surface area contributed by atoms with E-state index in [2.05, 4.69) is 36.4 Å². The number of halogens is 1. The molecule has 0 aliphatic heterocycles. The molecule has 0 spiro atoms. The average Bonchev–Trinajstić information content (AvgIpc) is 2.51. The van der Waals surface area contributed by atoms with Gasteiger partial charge in [-0.25, -0.2) is 18.5 Å². The zero-order chi connectivity index (χ0) is 19.1. The summed E-state index contributed by atoms with van der Waals surface area (Å²) in [6.07, 6.45) is 0.0467. The highest BCUT2D eigenvalue weighted by Crippen LogP contribution is 2.20. The lowest BCUT2D eigenvalue weighted by Gasteiger charge is -2.30. The standard InChI is InChI=1S/C17H30N4O3S.HI/c1-6-19-16(21-12-15(24-5)17(2,3)4)20-11-13-7-9-14(10-8-13)25(18,22)23;/h7-10,15H,6,11-12H2,1-5H3,(H2,18,22,23)(H2,19,20,21);1H. The molecule has 0 saturated carbocycles. The second kappa shape index (κ2) is 11.1. The van der Waals surface area contributed by atoms with E-state index < -0.39 is 10.0 Å². The molecule has 0 saturated heterocycles. The molecule has 0 radical (unpaired) electrons. The van der Waals surface area contributed by atoms with E-state index >= 15 is 0 Å². The van der Waals surface area contributed by atoms with E-state index in [0.29, 0.717) is 19.0 Å². The highest BCUT2D eigenvalue weighted by atomic mass is 127. The van der Waals surface area contributed by atoms with Crippen molar-refractivity contribution in [3.8, 4) is 0 Å². The normalized spacial score (nSPS) is 13.7. The molecule has 9 heteroatoms. The van der Waals surface area contributed by atoms with Gasteiger partial charge in [-0.1, -0.05) is 32.9 Å². The number of benzene rings is 1. The fraction of sp³-hybridized carbons (Fsp3) is 0.588. The van der Waals surface area contributed by atoms with Gasteiger partial charge in [0, 0.05) is 20.2 Å². The van der Waals surface area contributed by atoms with E-state index in [1.165, 1.54) is 12.1 Å². The number of nitrogens with zero attached hydrogens (tertiary/aromatic N) is 1. The molecule has 0 aliphatic rings. The van der Waals surface area contributed by atoms with Crippen molar-refractivity contribution in [1.82, 2.24) is 10.6 Å². The molecule has 1 aromatic carbocycles. The molecule has 150 valence electrons. The molecule has 4 N–H and O–H groups in total. The Balaban J connectivity index is 0.00000625. The van der Waals surface area contributed by atoms with Gasteiger partial charge in [-0.05, 0) is 30.0 Å². The molecule has 0 fully saturated rings. The van der Waals surface area contributed by atoms with Crippen molar-refractivity contribution >= 4 is 40.0 Å². The van der Waals surface area contributed by atoms with Gasteiger partial charge in [-0.3, -0.25) is 0 Å². The van der Waals surface area contributed by atoms with Gasteiger partial charge in [0.05, 0.1) is 17.5 Å². The van der Waals surface area contributed by atoms with Crippen molar-refractivity contribution < 1.29 is 13.2 Å². The van der Waals surface area contributed by atoms with Crippen LogP contribution in [0.25, 0.3) is 0 Å². The third-order valence-electron chi connectivity index (χ3n) is 3.72. The van der Waals surface area contributed by atoms with Gasteiger partial charge in [0.2, 0.25) is 10.0 Å². The predicted molar refractivity (Wildman–Crippen MR) is 116 cm³/mol. The first-order chi connectivity index (χ1) is 11.6. The first-order valence-corrected chi connectivity index (χ1v) is 9.79. The molecule has 1 atom stereocenters. The molecule has 7 nitrogen and oxygen atoms in total. The summed E-state index contributed by atoms with van der Waals surface area (Å²) in [5.74, 6) is 0.685. The first kappa shape index (κ1) is 25.1. The number of hydrogen-bond donors (Lipinski definition) is 3. The van der Waals surface area contributed by atoms with Crippen LogP contribution in [0.4, 0.5) is 0 Å². The Morgan fingerprint density at radius 1 is 1.23 bits per heavy atom. The summed E-state index contributed by atoms with van der Waals surface area (Å²) in [5, 5.41) is 11.6. The first-order valence-electron chi connectivity index (χ1n) is 8.24. The van der Waals surface area contributed by atoms with Gasteiger partial charge in [0.25, 0.3) is 0 Å². The monoisotopic (exact) mass is 498 g/mol. The molecular formula is C17H31IN4O3S. The maximum absolute atomic E-state index is 11.3. The van der Waals surface area contributed by atoms with Crippen LogP contribution in [0.1, 0.15) is 33.3 Å². The smallest absolute Gasteiger partial charge is 0.238 e. The lowest BCUT2D eigenvalue weighted by molar-refractivity contribution is 0.0205. The van der Waals surface area contributed by atoms with Crippen LogP contribution in [0.3, 0.4) is 0 Å². The minimum atomic E-state index is -3.67. The highest BCUT2D eigenvalue weighted by molar-refractivity contribution is 14.0. The zero-order valence-electron chi connectivity index (χ0n) is 16.1. The molecule has 0 amide bonds. The number of nitrogens with one attached hydrogen (secondary N) is 2. The number of rotatable bonds is 7. The van der Waals surface area contributed by atoms with Gasteiger partial charge in [0.15, 0.2) is 5.96 Å². The van der Waals surface area contributed by atoms with Crippen LogP contribution in [-0.4, -0.2) is 40.7 Å². The van der Waals surface area contributed by atoms with Crippen molar-refractivity contribution in [1.29, 1.82) is 0 Å². The Morgan fingerprint density at radius 2 is 1.81 bits per heavy atom. The lowest BCUT2D eigenvalue weighted by Crippen LogP contribution is -2.45. The van der Waals surface area contributed by atoms with Crippen LogP contribution in [0.2, 0.25) is 0 Å². The summed E-state index contributed by atoms with van der Waals surface area (Å²) in [7, 11) is -1.97.